The first-order valence-corrected chi connectivity index (χ1v) is 11.2. The molecule has 0 aliphatic rings. The summed E-state index contributed by atoms with van der Waals surface area (Å²) in [5, 5.41) is 6.51. The Labute approximate surface area is 199 Å². The van der Waals surface area contributed by atoms with Crippen molar-refractivity contribution in [2.24, 2.45) is 4.99 Å². The molecule has 1 unspecified atom stereocenters. The van der Waals surface area contributed by atoms with Gasteiger partial charge in [-0.25, -0.2) is 0 Å². The predicted octanol–water partition coefficient (Wildman–Crippen LogP) is 3.25. The average Bonchev–Trinajstić information content (AvgIpc) is 2.72. The van der Waals surface area contributed by atoms with Gasteiger partial charge in [-0.3, -0.25) is 9.20 Å². The molecule has 166 valence electrons. The number of aryl methyl sites for hydroxylation is 1. The van der Waals surface area contributed by atoms with E-state index in [1.165, 1.54) is 0 Å². The Hall–Kier alpha value is -1.65. The van der Waals surface area contributed by atoms with Crippen molar-refractivity contribution in [3.8, 4) is 5.75 Å². The van der Waals surface area contributed by atoms with Crippen LogP contribution in [0.2, 0.25) is 0 Å². The third kappa shape index (κ3) is 9.90. The number of halogens is 1. The predicted molar refractivity (Wildman–Crippen MR) is 135 cm³/mol. The highest BCUT2D eigenvalue weighted by molar-refractivity contribution is 14.0. The Morgan fingerprint density at radius 3 is 2.57 bits per heavy atom. The molecule has 0 radical (unpaired) electrons. The zero-order valence-electron chi connectivity index (χ0n) is 17.8. The van der Waals surface area contributed by atoms with E-state index in [1.54, 1.807) is 14.2 Å². The molecule has 0 aliphatic heterocycles. The van der Waals surface area contributed by atoms with E-state index in [0.717, 1.165) is 22.4 Å². The van der Waals surface area contributed by atoms with Gasteiger partial charge in [0.15, 0.2) is 5.96 Å². The summed E-state index contributed by atoms with van der Waals surface area (Å²) in [4.78, 5) is 4.24. The number of benzene rings is 2. The standard InChI is InChI=1S/C22H31N3O3S.HI/c1-18-9-10-20(21(15-18)28-13-12-27-3)16-25-22(23-2)24-11-14-29(26)17-19-7-5-4-6-8-19;/h4-10,15H,11-14,16-17H2,1-3H3,(H2,23,24,25);1H. The SMILES string of the molecule is CN=C(NCCS(=O)Cc1ccccc1)NCc1ccc(C)cc1OCCOC.I. The highest BCUT2D eigenvalue weighted by atomic mass is 127. The van der Waals surface area contributed by atoms with Crippen molar-refractivity contribution in [2.45, 2.75) is 19.2 Å². The molecular weight excluding hydrogens is 513 g/mol. The summed E-state index contributed by atoms with van der Waals surface area (Å²) in [5.74, 6) is 2.64. The Morgan fingerprint density at radius 1 is 1.10 bits per heavy atom. The summed E-state index contributed by atoms with van der Waals surface area (Å²) < 4.78 is 23.1. The van der Waals surface area contributed by atoms with E-state index >= 15 is 0 Å². The van der Waals surface area contributed by atoms with Crippen LogP contribution >= 0.6 is 24.0 Å². The molecule has 8 heteroatoms. The second-order valence-corrected chi connectivity index (χ2v) is 8.16. The number of methoxy groups -OCH3 is 1. The van der Waals surface area contributed by atoms with Crippen LogP contribution in [-0.2, 0) is 27.8 Å². The van der Waals surface area contributed by atoms with Crippen LogP contribution in [-0.4, -0.2) is 49.8 Å². The van der Waals surface area contributed by atoms with Crippen molar-refractivity contribution in [2.75, 3.05) is 39.7 Å². The molecule has 0 fully saturated rings. The summed E-state index contributed by atoms with van der Waals surface area (Å²) in [5.41, 5.74) is 3.28. The molecule has 0 aliphatic carbocycles. The fourth-order valence-corrected chi connectivity index (χ4v) is 3.73. The molecule has 0 heterocycles. The molecule has 0 saturated heterocycles. The van der Waals surface area contributed by atoms with Gasteiger partial charge in [-0.1, -0.05) is 42.5 Å². The largest absolute Gasteiger partial charge is 0.491 e. The van der Waals surface area contributed by atoms with Gasteiger partial charge in [-0.05, 0) is 24.1 Å². The lowest BCUT2D eigenvalue weighted by Gasteiger charge is -2.15. The van der Waals surface area contributed by atoms with Crippen LogP contribution in [0.5, 0.6) is 5.75 Å². The van der Waals surface area contributed by atoms with Crippen molar-refractivity contribution < 1.29 is 13.7 Å². The Morgan fingerprint density at radius 2 is 1.87 bits per heavy atom. The third-order valence-corrected chi connectivity index (χ3v) is 5.55. The number of nitrogens with one attached hydrogen (secondary N) is 2. The van der Waals surface area contributed by atoms with E-state index in [4.69, 9.17) is 9.47 Å². The van der Waals surface area contributed by atoms with Crippen molar-refractivity contribution in [3.63, 3.8) is 0 Å². The number of rotatable bonds is 11. The third-order valence-electron chi connectivity index (χ3n) is 4.23. The first-order valence-electron chi connectivity index (χ1n) is 9.67. The molecule has 2 N–H and O–H groups in total. The van der Waals surface area contributed by atoms with Gasteiger partial charge in [0, 0.05) is 55.1 Å². The lowest BCUT2D eigenvalue weighted by atomic mass is 10.1. The van der Waals surface area contributed by atoms with E-state index in [1.807, 2.05) is 49.4 Å². The van der Waals surface area contributed by atoms with Gasteiger partial charge in [-0.15, -0.1) is 24.0 Å². The second-order valence-electron chi connectivity index (χ2n) is 6.58. The lowest BCUT2D eigenvalue weighted by molar-refractivity contribution is 0.145. The van der Waals surface area contributed by atoms with Gasteiger partial charge in [0.05, 0.1) is 6.61 Å². The second kappa shape index (κ2) is 15.2. The van der Waals surface area contributed by atoms with E-state index in [-0.39, 0.29) is 24.0 Å². The normalized spacial score (nSPS) is 12.0. The summed E-state index contributed by atoms with van der Waals surface area (Å²) in [7, 11) is 2.46. The maximum Gasteiger partial charge on any atom is 0.191 e. The molecule has 2 aromatic carbocycles. The molecule has 2 rings (SSSR count). The fraction of sp³-hybridized carbons (Fsp3) is 0.409. The number of hydrogen-bond donors (Lipinski definition) is 2. The van der Waals surface area contributed by atoms with Crippen LogP contribution in [0.1, 0.15) is 16.7 Å². The molecule has 0 bridgehead atoms. The van der Waals surface area contributed by atoms with Crippen LogP contribution in [0, 0.1) is 6.92 Å². The van der Waals surface area contributed by atoms with Gasteiger partial charge < -0.3 is 20.1 Å². The molecule has 6 nitrogen and oxygen atoms in total. The van der Waals surface area contributed by atoms with Gasteiger partial charge in [0.2, 0.25) is 0 Å². The van der Waals surface area contributed by atoms with Crippen molar-refractivity contribution in [1.82, 2.24) is 10.6 Å². The first kappa shape index (κ1) is 26.4. The van der Waals surface area contributed by atoms with Crippen LogP contribution < -0.4 is 15.4 Å². The zero-order valence-corrected chi connectivity index (χ0v) is 21.0. The minimum atomic E-state index is -0.918. The van der Waals surface area contributed by atoms with Gasteiger partial charge in [0.1, 0.15) is 12.4 Å². The zero-order chi connectivity index (χ0) is 20.9. The number of ether oxygens (including phenoxy) is 2. The molecule has 2 aromatic rings. The maximum absolute atomic E-state index is 12.2. The number of nitrogens with zero attached hydrogens (tertiary/aromatic N) is 1. The highest BCUT2D eigenvalue weighted by Gasteiger charge is 2.07. The summed E-state index contributed by atoms with van der Waals surface area (Å²) in [6, 6.07) is 16.0. The van der Waals surface area contributed by atoms with Crippen molar-refractivity contribution in [1.29, 1.82) is 0 Å². The maximum atomic E-state index is 12.2. The number of hydrogen-bond acceptors (Lipinski definition) is 4. The summed E-state index contributed by atoms with van der Waals surface area (Å²) in [6.45, 7) is 4.26. The van der Waals surface area contributed by atoms with Gasteiger partial charge >= 0.3 is 0 Å². The van der Waals surface area contributed by atoms with Gasteiger partial charge in [-0.2, -0.15) is 0 Å². The molecule has 0 amide bonds. The van der Waals surface area contributed by atoms with E-state index in [2.05, 4.69) is 21.7 Å². The smallest absolute Gasteiger partial charge is 0.191 e. The molecule has 0 aromatic heterocycles. The highest BCUT2D eigenvalue weighted by Crippen LogP contribution is 2.20. The summed E-state index contributed by atoms with van der Waals surface area (Å²) in [6.07, 6.45) is 0. The van der Waals surface area contributed by atoms with E-state index in [0.29, 0.717) is 43.8 Å². The van der Waals surface area contributed by atoms with Crippen LogP contribution in [0.15, 0.2) is 53.5 Å². The van der Waals surface area contributed by atoms with Crippen molar-refractivity contribution >= 4 is 40.7 Å². The van der Waals surface area contributed by atoms with E-state index < -0.39 is 10.8 Å². The van der Waals surface area contributed by atoms with Crippen LogP contribution in [0.25, 0.3) is 0 Å². The summed E-state index contributed by atoms with van der Waals surface area (Å²) >= 11 is 0. The molecular formula is C22H32IN3O3S. The van der Waals surface area contributed by atoms with Crippen molar-refractivity contribution in [3.05, 3.63) is 65.2 Å². The Kier molecular flexibility index (Phi) is 13.4. The first-order chi connectivity index (χ1) is 14.1. The minimum Gasteiger partial charge on any atom is -0.491 e. The van der Waals surface area contributed by atoms with Crippen LogP contribution in [0.4, 0.5) is 0 Å². The topological polar surface area (TPSA) is 72.0 Å². The molecule has 0 saturated carbocycles. The number of aliphatic imine (C=N–C) groups is 1. The van der Waals surface area contributed by atoms with Crippen LogP contribution in [0.3, 0.4) is 0 Å². The quantitative estimate of drug-likeness (QED) is 0.196. The Bertz CT molecular complexity index is 803. The molecule has 30 heavy (non-hydrogen) atoms. The fourth-order valence-electron chi connectivity index (χ4n) is 2.69. The Balaban J connectivity index is 0.00000450. The number of guanidine groups is 1. The molecule has 1 atom stereocenters. The van der Waals surface area contributed by atoms with E-state index in [9.17, 15) is 4.21 Å². The average molecular weight is 545 g/mol. The monoisotopic (exact) mass is 545 g/mol. The molecule has 0 spiro atoms. The van der Waals surface area contributed by atoms with Gasteiger partial charge in [0.25, 0.3) is 0 Å². The minimum absolute atomic E-state index is 0. The lowest BCUT2D eigenvalue weighted by Crippen LogP contribution is -2.38.